The number of benzene rings is 1. The van der Waals surface area contributed by atoms with Crippen LogP contribution in [0.25, 0.3) is 5.78 Å². The summed E-state index contributed by atoms with van der Waals surface area (Å²) in [5.41, 5.74) is 0. The van der Waals surface area contributed by atoms with Crippen molar-refractivity contribution in [1.82, 2.24) is 19.6 Å². The third-order valence-electron chi connectivity index (χ3n) is 2.24. The molecule has 90 valence electrons. The predicted molar refractivity (Wildman–Crippen MR) is 66.3 cm³/mol. The summed E-state index contributed by atoms with van der Waals surface area (Å²) in [6, 6.07) is 8.14. The van der Waals surface area contributed by atoms with E-state index < -0.39 is 0 Å². The largest absolute Gasteiger partial charge is 0.254 e. The van der Waals surface area contributed by atoms with Gasteiger partial charge in [-0.05, 0) is 12.1 Å². The molecule has 1 aromatic carbocycles. The van der Waals surface area contributed by atoms with E-state index in [9.17, 15) is 4.39 Å². The highest BCUT2D eigenvalue weighted by Crippen LogP contribution is 2.30. The van der Waals surface area contributed by atoms with Gasteiger partial charge in [-0.3, -0.25) is 0 Å². The summed E-state index contributed by atoms with van der Waals surface area (Å²) in [6.07, 6.45) is 1.38. The summed E-state index contributed by atoms with van der Waals surface area (Å²) >= 11 is 7.11. The molecule has 2 heterocycles. The van der Waals surface area contributed by atoms with Gasteiger partial charge in [-0.15, -0.1) is 0 Å². The Kier molecular flexibility index (Phi) is 2.89. The Balaban J connectivity index is 2.10. The third-order valence-corrected chi connectivity index (χ3v) is 3.48. The summed E-state index contributed by atoms with van der Waals surface area (Å²) in [5, 5.41) is 4.99. The number of halogens is 2. The Morgan fingerprint density at radius 2 is 2.11 bits per heavy atom. The number of aromatic nitrogens is 4. The van der Waals surface area contributed by atoms with Crippen LogP contribution in [0.15, 0.2) is 46.6 Å². The summed E-state index contributed by atoms with van der Waals surface area (Å²) < 4.78 is 15.1. The highest BCUT2D eigenvalue weighted by Gasteiger charge is 2.10. The molecule has 18 heavy (non-hydrogen) atoms. The summed E-state index contributed by atoms with van der Waals surface area (Å²) in [4.78, 5) is 8.46. The molecular formula is C11H6ClFN4S. The van der Waals surface area contributed by atoms with E-state index in [0.29, 0.717) is 20.9 Å². The van der Waals surface area contributed by atoms with E-state index in [1.807, 2.05) is 0 Å². The molecule has 0 aliphatic carbocycles. The number of fused-ring (bicyclic) bond motifs is 1. The van der Waals surface area contributed by atoms with Crippen molar-refractivity contribution in [3.63, 3.8) is 0 Å². The maximum Gasteiger partial charge on any atom is 0.254 e. The fourth-order valence-corrected chi connectivity index (χ4v) is 2.64. The Bertz CT molecular complexity index is 715. The van der Waals surface area contributed by atoms with E-state index in [4.69, 9.17) is 11.6 Å². The fourth-order valence-electron chi connectivity index (χ4n) is 1.47. The van der Waals surface area contributed by atoms with E-state index in [1.165, 1.54) is 28.7 Å². The Morgan fingerprint density at radius 3 is 2.94 bits per heavy atom. The average molecular weight is 281 g/mol. The van der Waals surface area contributed by atoms with Crippen molar-refractivity contribution in [1.29, 1.82) is 0 Å². The van der Waals surface area contributed by atoms with Gasteiger partial charge in [-0.2, -0.15) is 19.6 Å². The second-order valence-electron chi connectivity index (χ2n) is 3.42. The molecule has 0 aliphatic rings. The summed E-state index contributed by atoms with van der Waals surface area (Å²) in [6.45, 7) is 0. The molecule has 0 saturated heterocycles. The van der Waals surface area contributed by atoms with Gasteiger partial charge >= 0.3 is 0 Å². The molecule has 2 aromatic heterocycles. The maximum atomic E-state index is 13.6. The summed E-state index contributed by atoms with van der Waals surface area (Å²) in [7, 11) is 0. The monoisotopic (exact) mass is 280 g/mol. The molecule has 0 amide bonds. The number of nitrogens with zero attached hydrogens (tertiary/aromatic N) is 4. The molecule has 0 bridgehead atoms. The molecule has 0 atom stereocenters. The van der Waals surface area contributed by atoms with Gasteiger partial charge in [0.25, 0.3) is 5.78 Å². The third kappa shape index (κ3) is 2.04. The van der Waals surface area contributed by atoms with E-state index in [1.54, 1.807) is 24.3 Å². The van der Waals surface area contributed by atoms with Crippen molar-refractivity contribution >= 4 is 29.1 Å². The molecule has 0 spiro atoms. The first-order chi connectivity index (χ1) is 8.74. The van der Waals surface area contributed by atoms with Crippen LogP contribution in [0, 0.1) is 5.82 Å². The zero-order valence-corrected chi connectivity index (χ0v) is 10.5. The lowest BCUT2D eigenvalue weighted by Gasteiger charge is -2.04. The first-order valence-corrected chi connectivity index (χ1v) is 6.22. The lowest BCUT2D eigenvalue weighted by atomic mass is 10.3. The van der Waals surface area contributed by atoms with Crippen LogP contribution in [-0.4, -0.2) is 19.6 Å². The molecule has 3 rings (SSSR count). The van der Waals surface area contributed by atoms with E-state index in [0.717, 1.165) is 0 Å². The maximum absolute atomic E-state index is 13.6. The SMILES string of the molecule is Fc1ccccc1Sc1cc(Cl)nc2ncnn12. The zero-order chi connectivity index (χ0) is 12.5. The zero-order valence-electron chi connectivity index (χ0n) is 8.92. The van der Waals surface area contributed by atoms with Gasteiger partial charge in [0.15, 0.2) is 0 Å². The lowest BCUT2D eigenvalue weighted by molar-refractivity contribution is 0.601. The fraction of sp³-hybridized carbons (Fsp3) is 0. The highest BCUT2D eigenvalue weighted by atomic mass is 35.5. The minimum Gasteiger partial charge on any atom is -0.206 e. The average Bonchev–Trinajstić information content (AvgIpc) is 2.80. The van der Waals surface area contributed by atoms with Crippen LogP contribution >= 0.6 is 23.4 Å². The molecule has 0 radical (unpaired) electrons. The Hall–Kier alpha value is -1.66. The molecule has 3 aromatic rings. The molecular weight excluding hydrogens is 275 g/mol. The molecule has 0 unspecified atom stereocenters. The van der Waals surface area contributed by atoms with Gasteiger partial charge < -0.3 is 0 Å². The lowest BCUT2D eigenvalue weighted by Crippen LogP contribution is -1.95. The van der Waals surface area contributed by atoms with Crippen LogP contribution in [0.4, 0.5) is 4.39 Å². The van der Waals surface area contributed by atoms with Gasteiger partial charge in [0.05, 0.1) is 0 Å². The Morgan fingerprint density at radius 1 is 1.28 bits per heavy atom. The van der Waals surface area contributed by atoms with Gasteiger partial charge in [0.2, 0.25) is 0 Å². The molecule has 0 aliphatic heterocycles. The standard InChI is InChI=1S/C11H6ClFN4S/c12-9-5-10(17-11(16-9)14-6-15-17)18-8-4-2-1-3-7(8)13/h1-6H. The first-order valence-electron chi connectivity index (χ1n) is 5.03. The van der Waals surface area contributed by atoms with Crippen LogP contribution in [0.1, 0.15) is 0 Å². The van der Waals surface area contributed by atoms with Crippen molar-refractivity contribution in [3.8, 4) is 0 Å². The molecule has 7 heteroatoms. The van der Waals surface area contributed by atoms with Crippen molar-refractivity contribution in [2.45, 2.75) is 9.92 Å². The van der Waals surface area contributed by atoms with Gasteiger partial charge in [-0.1, -0.05) is 35.5 Å². The minimum absolute atomic E-state index is 0.288. The number of hydrogen-bond acceptors (Lipinski definition) is 4. The first kappa shape index (κ1) is 11.4. The Labute approximate surface area is 111 Å². The predicted octanol–water partition coefficient (Wildman–Crippen LogP) is 3.07. The van der Waals surface area contributed by atoms with Crippen molar-refractivity contribution in [3.05, 3.63) is 47.6 Å². The molecule has 0 N–H and O–H groups in total. The second kappa shape index (κ2) is 4.55. The van der Waals surface area contributed by atoms with Gasteiger partial charge in [0.1, 0.15) is 22.3 Å². The topological polar surface area (TPSA) is 43.1 Å². The highest BCUT2D eigenvalue weighted by molar-refractivity contribution is 7.99. The van der Waals surface area contributed by atoms with E-state index in [2.05, 4.69) is 15.1 Å². The van der Waals surface area contributed by atoms with Crippen LogP contribution in [0.3, 0.4) is 0 Å². The molecule has 0 fully saturated rings. The van der Waals surface area contributed by atoms with Crippen molar-refractivity contribution in [2.75, 3.05) is 0 Å². The van der Waals surface area contributed by atoms with Gasteiger partial charge in [-0.25, -0.2) is 4.39 Å². The number of hydrogen-bond donors (Lipinski definition) is 0. The molecule has 0 saturated carbocycles. The summed E-state index contributed by atoms with van der Waals surface area (Å²) in [5.74, 6) is 0.102. The smallest absolute Gasteiger partial charge is 0.206 e. The van der Waals surface area contributed by atoms with Crippen LogP contribution in [0.5, 0.6) is 0 Å². The quantitative estimate of drug-likeness (QED) is 0.677. The van der Waals surface area contributed by atoms with Crippen LogP contribution < -0.4 is 0 Å². The second-order valence-corrected chi connectivity index (χ2v) is 4.87. The minimum atomic E-state index is -0.288. The van der Waals surface area contributed by atoms with Crippen LogP contribution in [-0.2, 0) is 0 Å². The van der Waals surface area contributed by atoms with Crippen molar-refractivity contribution < 1.29 is 4.39 Å². The molecule has 4 nitrogen and oxygen atoms in total. The van der Waals surface area contributed by atoms with Gasteiger partial charge in [0, 0.05) is 11.0 Å². The number of rotatable bonds is 2. The van der Waals surface area contributed by atoms with Crippen molar-refractivity contribution in [2.24, 2.45) is 0 Å². The van der Waals surface area contributed by atoms with E-state index in [-0.39, 0.29) is 5.82 Å². The normalized spacial score (nSPS) is 11.0. The van der Waals surface area contributed by atoms with Crippen LogP contribution in [0.2, 0.25) is 5.15 Å². The van der Waals surface area contributed by atoms with E-state index >= 15 is 0 Å².